The van der Waals surface area contributed by atoms with Crippen LogP contribution in [0.15, 0.2) is 11.8 Å². The summed E-state index contributed by atoms with van der Waals surface area (Å²) in [4.78, 5) is 11.9. The molecule has 0 aliphatic heterocycles. The van der Waals surface area contributed by atoms with Gasteiger partial charge in [-0.25, -0.2) is 0 Å². The van der Waals surface area contributed by atoms with E-state index in [1.165, 1.54) is 51.4 Å². The smallest absolute Gasteiger partial charge is 0.310 e. The van der Waals surface area contributed by atoms with Crippen molar-refractivity contribution >= 4 is 5.97 Å². The fourth-order valence-electron chi connectivity index (χ4n) is 2.54. The van der Waals surface area contributed by atoms with Gasteiger partial charge in [0.05, 0.1) is 0 Å². The number of hydrogen-bond acceptors (Lipinski definition) is 3. The van der Waals surface area contributed by atoms with Crippen LogP contribution in [0, 0.1) is 0 Å². The van der Waals surface area contributed by atoms with Crippen LogP contribution in [0.4, 0.5) is 0 Å². The fraction of sp³-hybridized carbons (Fsp3) is 0.850. The summed E-state index contributed by atoms with van der Waals surface area (Å²) in [6.45, 7) is 5.31. The van der Waals surface area contributed by atoms with E-state index < -0.39 is 0 Å². The Labute approximate surface area is 144 Å². The minimum absolute atomic E-state index is 0.0778. The normalized spacial score (nSPS) is 11.7. The average Bonchev–Trinajstić information content (AvgIpc) is 2.54. The zero-order valence-electron chi connectivity index (χ0n) is 15.8. The summed E-state index contributed by atoms with van der Waals surface area (Å²) in [5.74, 6) is 0.826. The van der Waals surface area contributed by atoms with Gasteiger partial charge in [-0.05, 0) is 45.4 Å². The molecule has 23 heavy (non-hydrogen) atoms. The van der Waals surface area contributed by atoms with Gasteiger partial charge in [0.1, 0.15) is 5.76 Å². The number of carbonyl (C=O) groups is 1. The topological polar surface area (TPSA) is 38.3 Å². The van der Waals surface area contributed by atoms with E-state index in [0.717, 1.165) is 38.0 Å². The van der Waals surface area contributed by atoms with Crippen molar-refractivity contribution in [2.45, 2.75) is 97.3 Å². The monoisotopic (exact) mass is 325 g/mol. The highest BCUT2D eigenvalue weighted by Crippen LogP contribution is 2.15. The van der Waals surface area contributed by atoms with Crippen LogP contribution in [0.25, 0.3) is 0 Å². The quantitative estimate of drug-likeness (QED) is 0.223. The molecular weight excluding hydrogens is 286 g/mol. The molecule has 0 aromatic rings. The largest absolute Gasteiger partial charge is 0.431 e. The molecule has 0 amide bonds. The number of esters is 1. The zero-order chi connectivity index (χ0) is 17.2. The second-order valence-corrected chi connectivity index (χ2v) is 6.37. The van der Waals surface area contributed by atoms with Crippen LogP contribution >= 0.6 is 0 Å². The molecule has 1 N–H and O–H groups in total. The summed E-state index contributed by atoms with van der Waals surface area (Å²) in [6, 6.07) is 0. The highest BCUT2D eigenvalue weighted by molar-refractivity contribution is 5.70. The minimum atomic E-state index is -0.0778. The van der Waals surface area contributed by atoms with Crippen LogP contribution in [0.2, 0.25) is 0 Å². The lowest BCUT2D eigenvalue weighted by molar-refractivity contribution is -0.139. The second kappa shape index (κ2) is 17.5. The molecule has 0 aromatic heterocycles. The van der Waals surface area contributed by atoms with E-state index in [4.69, 9.17) is 4.74 Å². The van der Waals surface area contributed by atoms with Gasteiger partial charge in [0.25, 0.3) is 0 Å². The van der Waals surface area contributed by atoms with Crippen LogP contribution in [0.3, 0.4) is 0 Å². The molecule has 0 bridgehead atoms. The van der Waals surface area contributed by atoms with Crippen LogP contribution in [-0.2, 0) is 9.53 Å². The molecule has 0 aromatic carbocycles. The molecule has 0 spiro atoms. The molecule has 0 heterocycles. The molecule has 136 valence electrons. The molecule has 0 unspecified atom stereocenters. The van der Waals surface area contributed by atoms with Crippen molar-refractivity contribution in [2.75, 3.05) is 13.6 Å². The van der Waals surface area contributed by atoms with Crippen molar-refractivity contribution in [3.05, 3.63) is 11.8 Å². The van der Waals surface area contributed by atoms with Crippen molar-refractivity contribution < 1.29 is 9.53 Å². The summed E-state index contributed by atoms with van der Waals surface area (Å²) in [5.41, 5.74) is 0. The number of ether oxygens (including phenoxy) is 1. The van der Waals surface area contributed by atoms with Gasteiger partial charge in [-0.2, -0.15) is 0 Å². The number of allylic oxidation sites excluding steroid dienone is 2. The molecule has 0 radical (unpaired) electrons. The summed E-state index contributed by atoms with van der Waals surface area (Å²) in [7, 11) is 1.90. The highest BCUT2D eigenvalue weighted by Gasteiger charge is 2.07. The SMILES string of the molecule is CCCCCCCC/C=C(\CCCCC)OC(=O)CCCNC. The predicted octanol–water partition coefficient (Wildman–Crippen LogP) is 5.74. The summed E-state index contributed by atoms with van der Waals surface area (Å²) in [5, 5.41) is 3.06. The second-order valence-electron chi connectivity index (χ2n) is 6.37. The Morgan fingerprint density at radius 1 is 0.870 bits per heavy atom. The number of hydrogen-bond donors (Lipinski definition) is 1. The number of carbonyl (C=O) groups excluding carboxylic acids is 1. The van der Waals surface area contributed by atoms with Gasteiger partial charge in [-0.15, -0.1) is 0 Å². The number of nitrogens with one attached hydrogen (secondary N) is 1. The van der Waals surface area contributed by atoms with Crippen LogP contribution in [-0.4, -0.2) is 19.6 Å². The lowest BCUT2D eigenvalue weighted by Gasteiger charge is -2.09. The van der Waals surface area contributed by atoms with Crippen molar-refractivity contribution in [1.29, 1.82) is 0 Å². The van der Waals surface area contributed by atoms with Gasteiger partial charge in [0.2, 0.25) is 0 Å². The first-order chi connectivity index (χ1) is 11.2. The van der Waals surface area contributed by atoms with Crippen LogP contribution in [0.1, 0.15) is 97.3 Å². The molecule has 0 saturated carbocycles. The van der Waals surface area contributed by atoms with Crippen LogP contribution in [0.5, 0.6) is 0 Å². The molecule has 3 nitrogen and oxygen atoms in total. The van der Waals surface area contributed by atoms with E-state index >= 15 is 0 Å². The van der Waals surface area contributed by atoms with E-state index in [1.807, 2.05) is 7.05 Å². The van der Waals surface area contributed by atoms with Crippen LogP contribution < -0.4 is 5.32 Å². The van der Waals surface area contributed by atoms with Crippen molar-refractivity contribution in [1.82, 2.24) is 5.32 Å². The average molecular weight is 326 g/mol. The molecule has 0 atom stereocenters. The maximum absolute atomic E-state index is 11.9. The Hall–Kier alpha value is -0.830. The number of unbranched alkanes of at least 4 members (excludes halogenated alkanes) is 8. The van der Waals surface area contributed by atoms with Crippen molar-refractivity contribution in [2.24, 2.45) is 0 Å². The van der Waals surface area contributed by atoms with Gasteiger partial charge in [0, 0.05) is 12.8 Å². The van der Waals surface area contributed by atoms with E-state index in [1.54, 1.807) is 0 Å². The molecule has 0 saturated heterocycles. The first-order valence-electron chi connectivity index (χ1n) is 9.78. The molecule has 3 heteroatoms. The Morgan fingerprint density at radius 2 is 1.52 bits per heavy atom. The van der Waals surface area contributed by atoms with E-state index in [9.17, 15) is 4.79 Å². The fourth-order valence-corrected chi connectivity index (χ4v) is 2.54. The Morgan fingerprint density at radius 3 is 2.22 bits per heavy atom. The number of rotatable bonds is 16. The maximum Gasteiger partial charge on any atom is 0.310 e. The van der Waals surface area contributed by atoms with Gasteiger partial charge in [0.15, 0.2) is 0 Å². The standard InChI is InChI=1S/C20H39NO2/c1-4-6-8-9-10-11-13-16-19(15-12-7-5-2)23-20(22)17-14-18-21-3/h16,21H,4-15,17-18H2,1-3H3/b19-16+. The van der Waals surface area contributed by atoms with Crippen molar-refractivity contribution in [3.8, 4) is 0 Å². The van der Waals surface area contributed by atoms with Gasteiger partial charge in [-0.1, -0.05) is 58.8 Å². The lowest BCUT2D eigenvalue weighted by atomic mass is 10.1. The van der Waals surface area contributed by atoms with E-state index in [2.05, 4.69) is 25.2 Å². The summed E-state index contributed by atoms with van der Waals surface area (Å²) in [6.07, 6.45) is 16.8. The minimum Gasteiger partial charge on any atom is -0.431 e. The molecule has 0 aliphatic rings. The highest BCUT2D eigenvalue weighted by atomic mass is 16.5. The van der Waals surface area contributed by atoms with E-state index in [0.29, 0.717) is 6.42 Å². The Balaban J connectivity index is 4.05. The molecular formula is C20H39NO2. The maximum atomic E-state index is 11.9. The third-order valence-electron chi connectivity index (χ3n) is 4.01. The lowest BCUT2D eigenvalue weighted by Crippen LogP contribution is -2.11. The third-order valence-corrected chi connectivity index (χ3v) is 4.01. The first kappa shape index (κ1) is 22.2. The van der Waals surface area contributed by atoms with E-state index in [-0.39, 0.29) is 5.97 Å². The Bertz CT molecular complexity index is 300. The predicted molar refractivity (Wildman–Crippen MR) is 99.5 cm³/mol. The van der Waals surface area contributed by atoms with Crippen molar-refractivity contribution in [3.63, 3.8) is 0 Å². The van der Waals surface area contributed by atoms with Gasteiger partial charge < -0.3 is 10.1 Å². The molecule has 0 aliphatic carbocycles. The first-order valence-corrected chi connectivity index (χ1v) is 9.78. The third kappa shape index (κ3) is 15.8. The molecule has 0 rings (SSSR count). The van der Waals surface area contributed by atoms with Gasteiger partial charge in [-0.3, -0.25) is 4.79 Å². The zero-order valence-corrected chi connectivity index (χ0v) is 15.8. The van der Waals surface area contributed by atoms with Gasteiger partial charge >= 0.3 is 5.97 Å². The summed E-state index contributed by atoms with van der Waals surface area (Å²) < 4.78 is 5.58. The Kier molecular flexibility index (Phi) is 16.9. The molecule has 0 fully saturated rings. The summed E-state index contributed by atoms with van der Waals surface area (Å²) >= 11 is 0.